The van der Waals surface area contributed by atoms with Crippen molar-refractivity contribution in [1.82, 2.24) is 10.3 Å². The van der Waals surface area contributed by atoms with Gasteiger partial charge in [0, 0.05) is 6.54 Å². The summed E-state index contributed by atoms with van der Waals surface area (Å²) in [5, 5.41) is 20.8. The Bertz CT molecular complexity index is 1410. The number of nitriles is 1. The zero-order chi connectivity index (χ0) is 24.1. The van der Waals surface area contributed by atoms with Crippen LogP contribution in [0.15, 0.2) is 72.2 Å². The van der Waals surface area contributed by atoms with Gasteiger partial charge in [0.1, 0.15) is 11.6 Å². The number of carboxylic acid groups (broad SMARTS) is 1. The third-order valence-corrected chi connectivity index (χ3v) is 5.67. The van der Waals surface area contributed by atoms with E-state index in [0.717, 1.165) is 16.9 Å². The number of carboxylic acids is 1. The van der Waals surface area contributed by atoms with Crippen LogP contribution in [0.1, 0.15) is 31.2 Å². The van der Waals surface area contributed by atoms with E-state index in [1.807, 2.05) is 6.07 Å². The molecule has 0 aliphatic carbocycles. The first-order chi connectivity index (χ1) is 16.4. The number of carbonyl (C=O) groups excluding carboxylic acids is 1. The summed E-state index contributed by atoms with van der Waals surface area (Å²) >= 11 is 1.14. The molecule has 0 saturated heterocycles. The van der Waals surface area contributed by atoms with Crippen molar-refractivity contribution in [1.29, 1.82) is 5.26 Å². The number of hydrogen-bond acceptors (Lipinski definition) is 6. The molecule has 3 aromatic carbocycles. The maximum absolute atomic E-state index is 14.0. The molecule has 2 N–H and O–H groups in total. The van der Waals surface area contributed by atoms with Gasteiger partial charge in [0.25, 0.3) is 5.91 Å². The van der Waals surface area contributed by atoms with Gasteiger partial charge in [-0.3, -0.25) is 4.79 Å². The van der Waals surface area contributed by atoms with Gasteiger partial charge >= 0.3 is 5.97 Å². The lowest BCUT2D eigenvalue weighted by atomic mass is 10.0. The normalized spacial score (nSPS) is 10.4. The number of carbonyl (C=O) groups is 2. The third kappa shape index (κ3) is 5.09. The van der Waals surface area contributed by atoms with Crippen LogP contribution >= 0.6 is 11.3 Å². The topological polar surface area (TPSA) is 112 Å². The third-order valence-electron chi connectivity index (χ3n) is 4.86. The van der Waals surface area contributed by atoms with Gasteiger partial charge in [-0.25, -0.2) is 14.2 Å². The first-order valence-electron chi connectivity index (χ1n) is 9.96. The summed E-state index contributed by atoms with van der Waals surface area (Å²) in [6.45, 7) is 0.243. The summed E-state index contributed by atoms with van der Waals surface area (Å²) in [6.07, 6.45) is 0. The molecule has 34 heavy (non-hydrogen) atoms. The molecule has 9 heteroatoms. The summed E-state index contributed by atoms with van der Waals surface area (Å²) in [7, 11) is 0. The van der Waals surface area contributed by atoms with E-state index < -0.39 is 11.8 Å². The highest BCUT2D eigenvalue weighted by Gasteiger charge is 2.17. The fourth-order valence-corrected chi connectivity index (χ4v) is 3.77. The van der Waals surface area contributed by atoms with Crippen LogP contribution in [-0.4, -0.2) is 22.0 Å². The monoisotopic (exact) mass is 473 g/mol. The number of amides is 1. The molecular formula is C25H16FN3O4S. The average molecular weight is 473 g/mol. The Hall–Kier alpha value is -4.55. The van der Waals surface area contributed by atoms with Gasteiger partial charge in [-0.1, -0.05) is 36.4 Å². The van der Waals surface area contributed by atoms with Crippen molar-refractivity contribution in [2.45, 2.75) is 6.54 Å². The Kier molecular flexibility index (Phi) is 6.62. The summed E-state index contributed by atoms with van der Waals surface area (Å²) in [5.74, 6) is -1.92. The van der Waals surface area contributed by atoms with Crippen LogP contribution in [-0.2, 0) is 6.54 Å². The zero-order valence-electron chi connectivity index (χ0n) is 17.5. The lowest BCUT2D eigenvalue weighted by Crippen LogP contribution is -2.22. The number of benzene rings is 3. The summed E-state index contributed by atoms with van der Waals surface area (Å²) in [6, 6.07) is 19.6. The molecule has 0 saturated carbocycles. The van der Waals surface area contributed by atoms with Crippen molar-refractivity contribution in [3.63, 3.8) is 0 Å². The predicted molar refractivity (Wildman–Crippen MR) is 123 cm³/mol. The summed E-state index contributed by atoms with van der Waals surface area (Å²) < 4.78 is 19.6. The predicted octanol–water partition coefficient (Wildman–Crippen LogP) is 5.24. The Morgan fingerprint density at radius 3 is 2.56 bits per heavy atom. The number of ether oxygens (including phenoxy) is 1. The van der Waals surface area contributed by atoms with E-state index in [-0.39, 0.29) is 23.9 Å². The van der Waals surface area contributed by atoms with E-state index in [1.54, 1.807) is 54.6 Å². The maximum atomic E-state index is 14.0. The summed E-state index contributed by atoms with van der Waals surface area (Å²) in [4.78, 5) is 28.0. The van der Waals surface area contributed by atoms with Crippen LogP contribution in [0.5, 0.6) is 11.6 Å². The van der Waals surface area contributed by atoms with E-state index in [4.69, 9.17) is 15.1 Å². The van der Waals surface area contributed by atoms with E-state index >= 15 is 0 Å². The number of rotatable bonds is 7. The van der Waals surface area contributed by atoms with Crippen LogP contribution in [0.2, 0.25) is 0 Å². The Morgan fingerprint density at radius 2 is 1.85 bits per heavy atom. The van der Waals surface area contributed by atoms with Gasteiger partial charge in [0.2, 0.25) is 5.88 Å². The molecule has 0 bridgehead atoms. The average Bonchev–Trinajstić information content (AvgIpc) is 3.31. The number of thiazole rings is 1. The zero-order valence-corrected chi connectivity index (χ0v) is 18.3. The SMILES string of the molecule is N#Cc1cccc(Oc2ncsc2C(=O)NCc2ccc(-c3ccc(C(=O)O)c(F)c3)cc2)c1. The molecule has 0 atom stereocenters. The molecule has 0 radical (unpaired) electrons. The van der Waals surface area contributed by atoms with E-state index in [1.165, 1.54) is 17.6 Å². The molecule has 1 aromatic heterocycles. The number of halogens is 1. The molecule has 0 aliphatic heterocycles. The number of hydrogen-bond donors (Lipinski definition) is 2. The highest BCUT2D eigenvalue weighted by atomic mass is 32.1. The lowest BCUT2D eigenvalue weighted by Gasteiger charge is -2.08. The van der Waals surface area contributed by atoms with Crippen LogP contribution in [0.4, 0.5) is 4.39 Å². The molecule has 1 heterocycles. The highest BCUT2D eigenvalue weighted by Crippen LogP contribution is 2.27. The molecule has 0 unspecified atom stereocenters. The van der Waals surface area contributed by atoms with Gasteiger partial charge in [-0.2, -0.15) is 5.26 Å². The van der Waals surface area contributed by atoms with Gasteiger partial charge in [-0.05, 0) is 47.0 Å². The molecule has 7 nitrogen and oxygen atoms in total. The molecule has 1 amide bonds. The minimum atomic E-state index is -1.32. The Labute approximate surface area is 197 Å². The van der Waals surface area contributed by atoms with Gasteiger partial charge in [-0.15, -0.1) is 11.3 Å². The quantitative estimate of drug-likeness (QED) is 0.380. The lowest BCUT2D eigenvalue weighted by molar-refractivity contribution is 0.0691. The molecule has 168 valence electrons. The molecular weight excluding hydrogens is 457 g/mol. The first kappa shape index (κ1) is 22.6. The van der Waals surface area contributed by atoms with Crippen molar-refractivity contribution in [2.75, 3.05) is 0 Å². The van der Waals surface area contributed by atoms with Crippen molar-refractivity contribution in [3.8, 4) is 28.8 Å². The number of nitrogens with zero attached hydrogens (tertiary/aromatic N) is 2. The standard InChI is InChI=1S/C25H16FN3O4S/c26-21-11-18(8-9-20(21)25(31)32)17-6-4-15(5-7-17)13-28-23(30)22-24(29-14-34-22)33-19-3-1-2-16(10-19)12-27/h1-11,14H,13H2,(H,28,30)(H,31,32). The van der Waals surface area contributed by atoms with Crippen molar-refractivity contribution in [3.05, 3.63) is 99.6 Å². The summed E-state index contributed by atoms with van der Waals surface area (Å²) in [5.41, 5.74) is 3.62. The Balaban J connectivity index is 1.40. The van der Waals surface area contributed by atoms with E-state index in [9.17, 15) is 14.0 Å². The smallest absolute Gasteiger partial charge is 0.338 e. The van der Waals surface area contributed by atoms with Gasteiger partial charge in [0.15, 0.2) is 4.88 Å². The second kappa shape index (κ2) is 9.94. The van der Waals surface area contributed by atoms with Crippen molar-refractivity contribution in [2.24, 2.45) is 0 Å². The second-order valence-corrected chi connectivity index (χ2v) is 7.96. The molecule has 4 aromatic rings. The number of nitrogens with one attached hydrogen (secondary N) is 1. The van der Waals surface area contributed by atoms with Crippen LogP contribution in [0.25, 0.3) is 11.1 Å². The fraction of sp³-hybridized carbons (Fsp3) is 0.0400. The first-order valence-corrected chi connectivity index (χ1v) is 10.8. The van der Waals surface area contributed by atoms with Crippen molar-refractivity contribution >= 4 is 23.2 Å². The maximum Gasteiger partial charge on any atom is 0.338 e. The minimum absolute atomic E-state index is 0.153. The van der Waals surface area contributed by atoms with Crippen LogP contribution in [0, 0.1) is 17.1 Å². The van der Waals surface area contributed by atoms with Crippen molar-refractivity contribution < 1.29 is 23.8 Å². The number of aromatic nitrogens is 1. The molecule has 0 spiro atoms. The molecule has 4 rings (SSSR count). The fourth-order valence-electron chi connectivity index (χ4n) is 3.15. The van der Waals surface area contributed by atoms with Crippen LogP contribution < -0.4 is 10.1 Å². The van der Waals surface area contributed by atoms with E-state index in [2.05, 4.69) is 10.3 Å². The number of aromatic carboxylic acids is 1. The largest absolute Gasteiger partial charge is 0.478 e. The molecule has 0 aliphatic rings. The van der Waals surface area contributed by atoms with Crippen LogP contribution in [0.3, 0.4) is 0 Å². The van der Waals surface area contributed by atoms with Gasteiger partial charge in [0.05, 0.1) is 22.7 Å². The Morgan fingerprint density at radius 1 is 1.09 bits per heavy atom. The highest BCUT2D eigenvalue weighted by molar-refractivity contribution is 7.12. The van der Waals surface area contributed by atoms with E-state index in [0.29, 0.717) is 27.3 Å². The second-order valence-electron chi connectivity index (χ2n) is 7.11. The van der Waals surface area contributed by atoms with Gasteiger partial charge < -0.3 is 15.2 Å². The minimum Gasteiger partial charge on any atom is -0.478 e. The molecule has 0 fully saturated rings.